The maximum Gasteiger partial charge on any atom is 0.241 e. The largest absolute Gasteiger partial charge is 0.376 e. The van der Waals surface area contributed by atoms with Crippen molar-refractivity contribution in [1.82, 2.24) is 4.90 Å². The van der Waals surface area contributed by atoms with Crippen molar-refractivity contribution >= 4 is 17.3 Å². The maximum absolute atomic E-state index is 11.4. The quantitative estimate of drug-likeness (QED) is 0.831. The van der Waals surface area contributed by atoms with Gasteiger partial charge in [-0.25, -0.2) is 0 Å². The summed E-state index contributed by atoms with van der Waals surface area (Å²) in [6.07, 6.45) is 0. The van der Waals surface area contributed by atoms with Crippen molar-refractivity contribution in [3.8, 4) is 0 Å². The van der Waals surface area contributed by atoms with Crippen LogP contribution in [0.25, 0.3) is 0 Å². The van der Waals surface area contributed by atoms with Gasteiger partial charge in [-0.3, -0.25) is 4.79 Å². The van der Waals surface area contributed by atoms with Gasteiger partial charge >= 0.3 is 0 Å². The number of nitrogens with one attached hydrogen (secondary N) is 1. The van der Waals surface area contributed by atoms with Crippen LogP contribution in [0.2, 0.25) is 0 Å². The molecule has 16 heavy (non-hydrogen) atoms. The summed E-state index contributed by atoms with van der Waals surface area (Å²) in [4.78, 5) is 15.0. The molecule has 0 saturated carbocycles. The number of para-hydroxylation sites is 2. The molecule has 0 bridgehead atoms. The number of hydrogen-bond acceptors (Lipinski definition) is 3. The van der Waals surface area contributed by atoms with Gasteiger partial charge in [0.05, 0.1) is 17.9 Å². The molecule has 1 amide bonds. The average molecular weight is 221 g/mol. The third-order valence-corrected chi connectivity index (χ3v) is 2.31. The first-order valence-electron chi connectivity index (χ1n) is 5.22. The molecule has 0 unspecified atom stereocenters. The second kappa shape index (κ2) is 5.39. The molecule has 88 valence electrons. The Kier molecular flexibility index (Phi) is 4.17. The van der Waals surface area contributed by atoms with Gasteiger partial charge in [-0.1, -0.05) is 12.1 Å². The minimum atomic E-state index is 0.0635. The van der Waals surface area contributed by atoms with Gasteiger partial charge in [0.2, 0.25) is 5.91 Å². The van der Waals surface area contributed by atoms with Gasteiger partial charge in [0.1, 0.15) is 0 Å². The van der Waals surface area contributed by atoms with Gasteiger partial charge in [0.25, 0.3) is 0 Å². The van der Waals surface area contributed by atoms with E-state index in [9.17, 15) is 4.79 Å². The number of anilines is 2. The molecule has 4 nitrogen and oxygen atoms in total. The predicted octanol–water partition coefficient (Wildman–Crippen LogP) is 1.25. The molecule has 0 saturated heterocycles. The highest BCUT2D eigenvalue weighted by atomic mass is 16.2. The summed E-state index contributed by atoms with van der Waals surface area (Å²) in [6.45, 7) is 0.317. The molecule has 1 aromatic carbocycles. The highest BCUT2D eigenvalue weighted by Crippen LogP contribution is 2.22. The molecular weight excluding hydrogens is 202 g/mol. The lowest BCUT2D eigenvalue weighted by atomic mass is 10.2. The zero-order valence-electron chi connectivity index (χ0n) is 10.3. The Labute approximate surface area is 96.9 Å². The van der Waals surface area contributed by atoms with Crippen molar-refractivity contribution in [3.05, 3.63) is 24.3 Å². The summed E-state index contributed by atoms with van der Waals surface area (Å²) in [5.41, 5.74) is 2.05. The summed E-state index contributed by atoms with van der Waals surface area (Å²) in [5.74, 6) is 0.0635. The Morgan fingerprint density at radius 1 is 1.19 bits per heavy atom. The Balaban J connectivity index is 2.70. The fourth-order valence-electron chi connectivity index (χ4n) is 1.34. The van der Waals surface area contributed by atoms with E-state index in [1.54, 1.807) is 19.0 Å². The zero-order chi connectivity index (χ0) is 12.1. The van der Waals surface area contributed by atoms with Crippen LogP contribution < -0.4 is 10.2 Å². The molecule has 0 radical (unpaired) electrons. The normalized spacial score (nSPS) is 9.75. The molecule has 1 N–H and O–H groups in total. The third-order valence-electron chi connectivity index (χ3n) is 2.31. The Hall–Kier alpha value is -1.71. The van der Waals surface area contributed by atoms with Gasteiger partial charge in [0, 0.05) is 28.2 Å². The molecule has 0 atom stereocenters. The molecule has 1 aromatic rings. The number of benzene rings is 1. The maximum atomic E-state index is 11.4. The van der Waals surface area contributed by atoms with Crippen LogP contribution in [0.4, 0.5) is 11.4 Å². The van der Waals surface area contributed by atoms with E-state index in [1.807, 2.05) is 43.3 Å². The zero-order valence-corrected chi connectivity index (χ0v) is 10.3. The van der Waals surface area contributed by atoms with E-state index in [0.717, 1.165) is 11.4 Å². The third kappa shape index (κ3) is 3.15. The number of carbonyl (C=O) groups excluding carboxylic acids is 1. The van der Waals surface area contributed by atoms with Crippen molar-refractivity contribution in [2.75, 3.05) is 45.0 Å². The Morgan fingerprint density at radius 3 is 2.38 bits per heavy atom. The van der Waals surface area contributed by atoms with E-state index >= 15 is 0 Å². The molecular formula is C12H19N3O. The van der Waals surface area contributed by atoms with E-state index < -0.39 is 0 Å². The van der Waals surface area contributed by atoms with Crippen LogP contribution in [-0.4, -0.2) is 45.5 Å². The second-order valence-corrected chi connectivity index (χ2v) is 4.05. The van der Waals surface area contributed by atoms with Gasteiger partial charge < -0.3 is 15.1 Å². The van der Waals surface area contributed by atoms with Crippen LogP contribution in [0.5, 0.6) is 0 Å². The smallest absolute Gasteiger partial charge is 0.241 e. The summed E-state index contributed by atoms with van der Waals surface area (Å²) < 4.78 is 0. The highest BCUT2D eigenvalue weighted by Gasteiger charge is 2.06. The highest BCUT2D eigenvalue weighted by molar-refractivity contribution is 5.82. The van der Waals surface area contributed by atoms with E-state index in [4.69, 9.17) is 0 Å². The molecule has 1 rings (SSSR count). The van der Waals surface area contributed by atoms with E-state index in [1.165, 1.54) is 0 Å². The van der Waals surface area contributed by atoms with E-state index in [0.29, 0.717) is 6.54 Å². The van der Waals surface area contributed by atoms with Crippen molar-refractivity contribution < 1.29 is 4.79 Å². The lowest BCUT2D eigenvalue weighted by Gasteiger charge is -2.19. The van der Waals surface area contributed by atoms with Gasteiger partial charge in [-0.15, -0.1) is 0 Å². The minimum absolute atomic E-state index is 0.0635. The monoisotopic (exact) mass is 221 g/mol. The van der Waals surface area contributed by atoms with Crippen LogP contribution >= 0.6 is 0 Å². The summed E-state index contributed by atoms with van der Waals surface area (Å²) in [7, 11) is 7.46. The first-order valence-corrected chi connectivity index (χ1v) is 5.22. The van der Waals surface area contributed by atoms with Gasteiger partial charge in [-0.2, -0.15) is 0 Å². The molecule has 0 aliphatic carbocycles. The molecule has 0 spiro atoms. The molecule has 0 aliphatic rings. The average Bonchev–Trinajstić information content (AvgIpc) is 2.25. The fourth-order valence-corrected chi connectivity index (χ4v) is 1.34. The number of nitrogens with zero attached hydrogens (tertiary/aromatic N) is 2. The van der Waals surface area contributed by atoms with Crippen molar-refractivity contribution in [3.63, 3.8) is 0 Å². The SMILES string of the molecule is CN(C)C(=O)CNc1ccccc1N(C)C. The van der Waals surface area contributed by atoms with Crippen molar-refractivity contribution in [2.45, 2.75) is 0 Å². The molecule has 4 heteroatoms. The van der Waals surface area contributed by atoms with Crippen LogP contribution in [-0.2, 0) is 4.79 Å². The second-order valence-electron chi connectivity index (χ2n) is 4.05. The predicted molar refractivity (Wildman–Crippen MR) is 68.0 cm³/mol. The van der Waals surface area contributed by atoms with E-state index in [2.05, 4.69) is 5.32 Å². The fraction of sp³-hybridized carbons (Fsp3) is 0.417. The van der Waals surface area contributed by atoms with Crippen LogP contribution in [0.1, 0.15) is 0 Å². The summed E-state index contributed by atoms with van der Waals surface area (Å²) in [6, 6.07) is 7.92. The number of hydrogen-bond donors (Lipinski definition) is 1. The van der Waals surface area contributed by atoms with Crippen molar-refractivity contribution in [2.24, 2.45) is 0 Å². The number of rotatable bonds is 4. The number of likely N-dealkylation sites (N-methyl/N-ethyl adjacent to an activating group) is 1. The lowest BCUT2D eigenvalue weighted by molar-refractivity contribution is -0.126. The molecule has 0 aromatic heterocycles. The van der Waals surface area contributed by atoms with Crippen LogP contribution in [0.3, 0.4) is 0 Å². The number of amides is 1. The number of carbonyl (C=O) groups is 1. The topological polar surface area (TPSA) is 35.6 Å². The molecule has 0 heterocycles. The standard InChI is InChI=1S/C12H19N3O/c1-14(2)11-8-6-5-7-10(11)13-9-12(16)15(3)4/h5-8,13H,9H2,1-4H3. The van der Waals surface area contributed by atoms with Crippen LogP contribution in [0, 0.1) is 0 Å². The molecule has 0 aliphatic heterocycles. The van der Waals surface area contributed by atoms with E-state index in [-0.39, 0.29) is 5.91 Å². The van der Waals surface area contributed by atoms with Crippen LogP contribution in [0.15, 0.2) is 24.3 Å². The summed E-state index contributed by atoms with van der Waals surface area (Å²) in [5, 5.41) is 3.14. The van der Waals surface area contributed by atoms with Gasteiger partial charge in [-0.05, 0) is 12.1 Å². The first kappa shape index (κ1) is 12.4. The Bertz CT molecular complexity index is 361. The lowest BCUT2D eigenvalue weighted by Crippen LogP contribution is -2.29. The van der Waals surface area contributed by atoms with Crippen molar-refractivity contribution in [1.29, 1.82) is 0 Å². The Morgan fingerprint density at radius 2 is 1.81 bits per heavy atom. The van der Waals surface area contributed by atoms with Gasteiger partial charge in [0.15, 0.2) is 0 Å². The summed E-state index contributed by atoms with van der Waals surface area (Å²) >= 11 is 0. The first-order chi connectivity index (χ1) is 7.52. The molecule has 0 fully saturated rings. The minimum Gasteiger partial charge on any atom is -0.376 e.